The molecule has 0 saturated heterocycles. The van der Waals surface area contributed by atoms with E-state index in [9.17, 15) is 4.79 Å². The Morgan fingerprint density at radius 2 is 2.22 bits per heavy atom. The molecule has 0 unspecified atom stereocenters. The van der Waals surface area contributed by atoms with Gasteiger partial charge < -0.3 is 11.1 Å². The Hall–Kier alpha value is -1.58. The quantitative estimate of drug-likeness (QED) is 0.856. The van der Waals surface area contributed by atoms with Gasteiger partial charge in [0.05, 0.1) is 0 Å². The Balaban J connectivity index is 2.04. The molecule has 2 rings (SSSR count). The molecule has 1 aliphatic rings. The molecule has 1 amide bonds. The molecule has 1 heterocycles. The molecule has 0 radical (unpaired) electrons. The minimum atomic E-state index is -0.0293. The highest BCUT2D eigenvalue weighted by Crippen LogP contribution is 2.26. The molecule has 0 bridgehead atoms. The highest BCUT2D eigenvalue weighted by Gasteiger charge is 2.27. The Kier molecular flexibility index (Phi) is 3.84. The summed E-state index contributed by atoms with van der Waals surface area (Å²) in [6.45, 7) is 4.28. The standard InChI is InChI=1S/C14H21N3O/c1-3-4-11-7-10(8-13(15)16-11)14(18)17-12-5-9(2)6-12/h7-9,12H,3-6H2,1-2H3,(H2,15,16)(H,17,18). The van der Waals surface area contributed by atoms with Crippen LogP contribution in [0.2, 0.25) is 0 Å². The zero-order valence-electron chi connectivity index (χ0n) is 11.1. The smallest absolute Gasteiger partial charge is 0.251 e. The van der Waals surface area contributed by atoms with E-state index in [0.717, 1.165) is 37.3 Å². The van der Waals surface area contributed by atoms with E-state index in [4.69, 9.17) is 5.73 Å². The van der Waals surface area contributed by atoms with E-state index in [-0.39, 0.29) is 5.91 Å². The first-order valence-corrected chi connectivity index (χ1v) is 6.65. The van der Waals surface area contributed by atoms with E-state index in [1.54, 1.807) is 6.07 Å². The van der Waals surface area contributed by atoms with Crippen LogP contribution in [0.5, 0.6) is 0 Å². The predicted molar refractivity (Wildman–Crippen MR) is 72.3 cm³/mol. The van der Waals surface area contributed by atoms with E-state index in [1.807, 2.05) is 6.07 Å². The van der Waals surface area contributed by atoms with Crippen molar-refractivity contribution in [2.45, 2.75) is 45.6 Å². The topological polar surface area (TPSA) is 68.0 Å². The van der Waals surface area contributed by atoms with Crippen molar-refractivity contribution in [3.05, 3.63) is 23.4 Å². The number of nitrogens with zero attached hydrogens (tertiary/aromatic N) is 1. The van der Waals surface area contributed by atoms with E-state index >= 15 is 0 Å². The maximum atomic E-state index is 12.1. The number of rotatable bonds is 4. The Labute approximate surface area is 108 Å². The van der Waals surface area contributed by atoms with Gasteiger partial charge in [0.1, 0.15) is 5.82 Å². The lowest BCUT2D eigenvalue weighted by Gasteiger charge is -2.33. The average Bonchev–Trinajstić information content (AvgIpc) is 2.26. The molecular formula is C14H21N3O. The van der Waals surface area contributed by atoms with Crippen LogP contribution in [-0.4, -0.2) is 16.9 Å². The van der Waals surface area contributed by atoms with E-state index in [2.05, 4.69) is 24.1 Å². The van der Waals surface area contributed by atoms with Gasteiger partial charge in [-0.05, 0) is 37.3 Å². The summed E-state index contributed by atoms with van der Waals surface area (Å²) in [5.41, 5.74) is 7.26. The van der Waals surface area contributed by atoms with E-state index in [0.29, 0.717) is 17.4 Å². The normalized spacial score (nSPS) is 22.3. The van der Waals surface area contributed by atoms with Crippen LogP contribution in [0.4, 0.5) is 5.82 Å². The molecule has 1 saturated carbocycles. The van der Waals surface area contributed by atoms with Crippen LogP contribution in [-0.2, 0) is 6.42 Å². The molecule has 0 spiro atoms. The maximum Gasteiger partial charge on any atom is 0.251 e. The Morgan fingerprint density at radius 3 is 2.83 bits per heavy atom. The monoisotopic (exact) mass is 247 g/mol. The van der Waals surface area contributed by atoms with E-state index < -0.39 is 0 Å². The summed E-state index contributed by atoms with van der Waals surface area (Å²) in [6, 6.07) is 3.82. The summed E-state index contributed by atoms with van der Waals surface area (Å²) in [5, 5.41) is 3.04. The molecule has 0 atom stereocenters. The van der Waals surface area contributed by atoms with Crippen molar-refractivity contribution in [3.63, 3.8) is 0 Å². The number of nitrogen functional groups attached to an aromatic ring is 1. The van der Waals surface area contributed by atoms with Crippen LogP contribution in [0, 0.1) is 5.92 Å². The average molecular weight is 247 g/mol. The first kappa shape index (κ1) is 12.9. The number of anilines is 1. The second-order valence-corrected chi connectivity index (χ2v) is 5.27. The van der Waals surface area contributed by atoms with Crippen molar-refractivity contribution in [2.24, 2.45) is 5.92 Å². The largest absolute Gasteiger partial charge is 0.384 e. The Bertz CT molecular complexity index is 439. The molecule has 4 heteroatoms. The second-order valence-electron chi connectivity index (χ2n) is 5.27. The molecule has 18 heavy (non-hydrogen) atoms. The summed E-state index contributed by atoms with van der Waals surface area (Å²) in [7, 11) is 0. The highest BCUT2D eigenvalue weighted by atomic mass is 16.1. The summed E-state index contributed by atoms with van der Waals surface area (Å²) in [5.74, 6) is 1.12. The number of nitrogens with two attached hydrogens (primary N) is 1. The van der Waals surface area contributed by atoms with Crippen LogP contribution in [0.3, 0.4) is 0 Å². The van der Waals surface area contributed by atoms with Crippen LogP contribution in [0.1, 0.15) is 49.2 Å². The number of carbonyl (C=O) groups is 1. The van der Waals surface area contributed by atoms with Gasteiger partial charge >= 0.3 is 0 Å². The van der Waals surface area contributed by atoms with Gasteiger partial charge in [0.15, 0.2) is 0 Å². The molecule has 1 aromatic heterocycles. The third-order valence-electron chi connectivity index (χ3n) is 3.38. The van der Waals surface area contributed by atoms with Crippen LogP contribution < -0.4 is 11.1 Å². The van der Waals surface area contributed by atoms with Gasteiger partial charge in [-0.25, -0.2) is 4.98 Å². The lowest BCUT2D eigenvalue weighted by Crippen LogP contribution is -2.43. The third kappa shape index (κ3) is 3.00. The summed E-state index contributed by atoms with van der Waals surface area (Å²) >= 11 is 0. The van der Waals surface area contributed by atoms with Crippen LogP contribution in [0.25, 0.3) is 0 Å². The first-order chi connectivity index (χ1) is 8.58. The predicted octanol–water partition coefficient (Wildman–Crippen LogP) is 2.14. The molecule has 0 aromatic carbocycles. The number of carbonyl (C=O) groups excluding carboxylic acids is 1. The minimum Gasteiger partial charge on any atom is -0.384 e. The fraction of sp³-hybridized carbons (Fsp3) is 0.571. The molecule has 1 aromatic rings. The molecular weight excluding hydrogens is 226 g/mol. The SMILES string of the molecule is CCCc1cc(C(=O)NC2CC(C)C2)cc(N)n1. The van der Waals surface area contributed by atoms with E-state index in [1.165, 1.54) is 0 Å². The van der Waals surface area contributed by atoms with Gasteiger partial charge in [-0.3, -0.25) is 4.79 Å². The summed E-state index contributed by atoms with van der Waals surface area (Å²) < 4.78 is 0. The molecule has 1 fully saturated rings. The highest BCUT2D eigenvalue weighted by molar-refractivity contribution is 5.95. The van der Waals surface area contributed by atoms with Crippen molar-refractivity contribution in [2.75, 3.05) is 5.73 Å². The van der Waals surface area contributed by atoms with Gasteiger partial charge in [0, 0.05) is 17.3 Å². The van der Waals surface area contributed by atoms with Crippen molar-refractivity contribution in [3.8, 4) is 0 Å². The number of pyridine rings is 1. The van der Waals surface area contributed by atoms with Gasteiger partial charge in [0.2, 0.25) is 0 Å². The number of hydrogen-bond donors (Lipinski definition) is 2. The second kappa shape index (κ2) is 5.38. The zero-order chi connectivity index (χ0) is 13.1. The Morgan fingerprint density at radius 1 is 1.50 bits per heavy atom. The van der Waals surface area contributed by atoms with Gasteiger partial charge in [-0.1, -0.05) is 20.3 Å². The molecule has 3 N–H and O–H groups in total. The lowest BCUT2D eigenvalue weighted by molar-refractivity contribution is 0.0896. The number of aromatic nitrogens is 1. The number of amides is 1. The molecule has 0 aliphatic heterocycles. The minimum absolute atomic E-state index is 0.0293. The van der Waals surface area contributed by atoms with Gasteiger partial charge in [0.25, 0.3) is 5.91 Å². The molecule has 1 aliphatic carbocycles. The van der Waals surface area contributed by atoms with Gasteiger partial charge in [-0.15, -0.1) is 0 Å². The van der Waals surface area contributed by atoms with Crippen LogP contribution in [0.15, 0.2) is 12.1 Å². The first-order valence-electron chi connectivity index (χ1n) is 6.65. The summed E-state index contributed by atoms with van der Waals surface area (Å²) in [4.78, 5) is 16.3. The van der Waals surface area contributed by atoms with Crippen molar-refractivity contribution in [1.82, 2.24) is 10.3 Å². The van der Waals surface area contributed by atoms with Crippen molar-refractivity contribution in [1.29, 1.82) is 0 Å². The lowest BCUT2D eigenvalue weighted by atomic mass is 9.82. The number of nitrogens with one attached hydrogen (secondary N) is 1. The number of aryl methyl sites for hydroxylation is 1. The molecule has 98 valence electrons. The van der Waals surface area contributed by atoms with Crippen molar-refractivity contribution >= 4 is 11.7 Å². The van der Waals surface area contributed by atoms with Gasteiger partial charge in [-0.2, -0.15) is 0 Å². The fourth-order valence-corrected chi connectivity index (χ4v) is 2.42. The van der Waals surface area contributed by atoms with Crippen molar-refractivity contribution < 1.29 is 4.79 Å². The fourth-order valence-electron chi connectivity index (χ4n) is 2.42. The summed E-state index contributed by atoms with van der Waals surface area (Å²) in [6.07, 6.45) is 4.01. The van der Waals surface area contributed by atoms with Crippen LogP contribution >= 0.6 is 0 Å². The number of hydrogen-bond acceptors (Lipinski definition) is 3. The third-order valence-corrected chi connectivity index (χ3v) is 3.38. The zero-order valence-corrected chi connectivity index (χ0v) is 11.1. The molecule has 4 nitrogen and oxygen atoms in total. The maximum absolute atomic E-state index is 12.1.